The molecule has 1 unspecified atom stereocenters. The zero-order valence-corrected chi connectivity index (χ0v) is 17.5. The van der Waals surface area contributed by atoms with E-state index in [1.54, 1.807) is 0 Å². The summed E-state index contributed by atoms with van der Waals surface area (Å²) in [6, 6.07) is 8.73. The van der Waals surface area contributed by atoms with Gasteiger partial charge in [-0.15, -0.1) is 0 Å². The molecule has 1 aromatic rings. The van der Waals surface area contributed by atoms with Gasteiger partial charge in [0.25, 0.3) is 0 Å². The normalized spacial score (nSPS) is 12.1. The molecule has 1 aromatic carbocycles. The van der Waals surface area contributed by atoms with Crippen molar-refractivity contribution in [1.29, 1.82) is 0 Å². The standard InChI is InChI=1S/C24H41NO2/c1-2-3-4-5-6-7-8-9-10-11-12-13-14-18-21-27-24(26)23(25)22-19-16-15-17-20-22/h15-17,19-20,23H,2-14,18,21,25H2,1H3. The molecule has 2 N–H and O–H groups in total. The van der Waals surface area contributed by atoms with Crippen LogP contribution in [0.5, 0.6) is 0 Å². The Morgan fingerprint density at radius 2 is 1.22 bits per heavy atom. The molecule has 1 rings (SSSR count). The van der Waals surface area contributed by atoms with E-state index in [-0.39, 0.29) is 5.97 Å². The highest BCUT2D eigenvalue weighted by atomic mass is 16.5. The van der Waals surface area contributed by atoms with Crippen molar-refractivity contribution in [2.75, 3.05) is 6.61 Å². The smallest absolute Gasteiger partial charge is 0.327 e. The van der Waals surface area contributed by atoms with Gasteiger partial charge in [0.05, 0.1) is 6.61 Å². The summed E-state index contributed by atoms with van der Waals surface area (Å²) in [6.07, 6.45) is 18.5. The van der Waals surface area contributed by atoms with Crippen molar-refractivity contribution in [2.45, 2.75) is 103 Å². The minimum absolute atomic E-state index is 0.323. The second-order valence-corrected chi connectivity index (χ2v) is 7.65. The van der Waals surface area contributed by atoms with Crippen LogP contribution in [-0.4, -0.2) is 12.6 Å². The van der Waals surface area contributed by atoms with Crippen LogP contribution in [0.2, 0.25) is 0 Å². The molecule has 154 valence electrons. The second kappa shape index (κ2) is 16.8. The molecule has 0 aliphatic carbocycles. The van der Waals surface area contributed by atoms with Crippen LogP contribution in [0.3, 0.4) is 0 Å². The van der Waals surface area contributed by atoms with E-state index in [1.165, 1.54) is 77.0 Å². The molecule has 1 atom stereocenters. The Morgan fingerprint density at radius 1 is 0.778 bits per heavy atom. The second-order valence-electron chi connectivity index (χ2n) is 7.65. The van der Waals surface area contributed by atoms with Gasteiger partial charge in [-0.05, 0) is 12.0 Å². The molecule has 0 heterocycles. The minimum Gasteiger partial charge on any atom is -0.464 e. The summed E-state index contributed by atoms with van der Waals surface area (Å²) in [5, 5.41) is 0. The number of carbonyl (C=O) groups is 1. The first kappa shape index (κ1) is 23.7. The first-order chi connectivity index (χ1) is 13.3. The monoisotopic (exact) mass is 375 g/mol. The predicted molar refractivity (Wildman–Crippen MR) is 115 cm³/mol. The third kappa shape index (κ3) is 12.6. The van der Waals surface area contributed by atoms with Crippen LogP contribution in [-0.2, 0) is 9.53 Å². The maximum absolute atomic E-state index is 11.9. The fraction of sp³-hybridized carbons (Fsp3) is 0.708. The maximum Gasteiger partial charge on any atom is 0.327 e. The summed E-state index contributed by atoms with van der Waals surface area (Å²) in [6.45, 7) is 2.76. The van der Waals surface area contributed by atoms with E-state index in [0.29, 0.717) is 6.61 Å². The van der Waals surface area contributed by atoms with Gasteiger partial charge in [-0.25, -0.2) is 4.79 Å². The SMILES string of the molecule is CCCCCCCCCCCCCCCCOC(=O)C(N)c1ccccc1. The average molecular weight is 376 g/mol. The molecule has 0 amide bonds. The van der Waals surface area contributed by atoms with Crippen molar-refractivity contribution in [3.05, 3.63) is 35.9 Å². The molecule has 27 heavy (non-hydrogen) atoms. The molecule has 3 heteroatoms. The van der Waals surface area contributed by atoms with Crippen molar-refractivity contribution < 1.29 is 9.53 Å². The van der Waals surface area contributed by atoms with E-state index in [1.807, 2.05) is 30.3 Å². The van der Waals surface area contributed by atoms with E-state index < -0.39 is 6.04 Å². The summed E-state index contributed by atoms with van der Waals surface area (Å²) in [7, 11) is 0. The topological polar surface area (TPSA) is 52.3 Å². The summed E-state index contributed by atoms with van der Waals surface area (Å²) in [4.78, 5) is 11.9. The minimum atomic E-state index is -0.669. The van der Waals surface area contributed by atoms with Crippen LogP contribution < -0.4 is 5.73 Å². The Hall–Kier alpha value is -1.35. The average Bonchev–Trinajstić information content (AvgIpc) is 2.70. The molecule has 0 saturated carbocycles. The Labute approximate surface area is 167 Å². The first-order valence-corrected chi connectivity index (χ1v) is 11.2. The predicted octanol–water partition coefficient (Wildman–Crippen LogP) is 6.71. The first-order valence-electron chi connectivity index (χ1n) is 11.2. The van der Waals surface area contributed by atoms with Gasteiger partial charge in [0.15, 0.2) is 0 Å². The Bertz CT molecular complexity index is 461. The molecule has 3 nitrogen and oxygen atoms in total. The molecule has 0 spiro atoms. The van der Waals surface area contributed by atoms with Crippen LogP contribution in [0.4, 0.5) is 0 Å². The zero-order chi connectivity index (χ0) is 19.6. The van der Waals surface area contributed by atoms with Gasteiger partial charge in [0.2, 0.25) is 0 Å². The number of benzene rings is 1. The van der Waals surface area contributed by atoms with Gasteiger partial charge >= 0.3 is 5.97 Å². The van der Waals surface area contributed by atoms with Gasteiger partial charge in [0, 0.05) is 0 Å². The fourth-order valence-corrected chi connectivity index (χ4v) is 3.36. The zero-order valence-electron chi connectivity index (χ0n) is 17.5. The van der Waals surface area contributed by atoms with Gasteiger partial charge in [-0.2, -0.15) is 0 Å². The number of rotatable bonds is 17. The Kier molecular flexibility index (Phi) is 14.7. The summed E-state index contributed by atoms with van der Waals surface area (Å²) < 4.78 is 5.30. The lowest BCUT2D eigenvalue weighted by atomic mass is 10.0. The number of unbranched alkanes of at least 4 members (excludes halogenated alkanes) is 13. The Balaban J connectivity index is 1.84. The molecule has 0 fully saturated rings. The van der Waals surface area contributed by atoms with Crippen molar-refractivity contribution in [2.24, 2.45) is 5.73 Å². The van der Waals surface area contributed by atoms with Gasteiger partial charge in [0.1, 0.15) is 6.04 Å². The van der Waals surface area contributed by atoms with E-state index >= 15 is 0 Å². The van der Waals surface area contributed by atoms with Crippen molar-refractivity contribution in [3.63, 3.8) is 0 Å². The van der Waals surface area contributed by atoms with Crippen LogP contribution in [0, 0.1) is 0 Å². The van der Waals surface area contributed by atoms with Crippen molar-refractivity contribution in [1.82, 2.24) is 0 Å². The number of ether oxygens (including phenoxy) is 1. The van der Waals surface area contributed by atoms with Crippen molar-refractivity contribution >= 4 is 5.97 Å². The molecular weight excluding hydrogens is 334 g/mol. The molecule has 0 aliphatic heterocycles. The van der Waals surface area contributed by atoms with Crippen LogP contribution in [0.1, 0.15) is 108 Å². The number of carbonyl (C=O) groups excluding carboxylic acids is 1. The largest absolute Gasteiger partial charge is 0.464 e. The van der Waals surface area contributed by atoms with Crippen LogP contribution in [0.25, 0.3) is 0 Å². The lowest BCUT2D eigenvalue weighted by Gasteiger charge is -2.11. The summed E-state index contributed by atoms with van der Waals surface area (Å²) in [5.74, 6) is -0.323. The van der Waals surface area contributed by atoms with E-state index in [9.17, 15) is 4.79 Å². The molecule has 0 aliphatic rings. The number of esters is 1. The highest BCUT2D eigenvalue weighted by Gasteiger charge is 2.16. The molecule has 0 radical (unpaired) electrons. The fourth-order valence-electron chi connectivity index (χ4n) is 3.36. The van der Waals surface area contributed by atoms with E-state index in [2.05, 4.69) is 6.92 Å². The summed E-state index contributed by atoms with van der Waals surface area (Å²) in [5.41, 5.74) is 6.73. The van der Waals surface area contributed by atoms with Crippen LogP contribution in [0.15, 0.2) is 30.3 Å². The number of hydrogen-bond donors (Lipinski definition) is 1. The number of hydrogen-bond acceptors (Lipinski definition) is 3. The number of nitrogens with two attached hydrogens (primary N) is 1. The maximum atomic E-state index is 11.9. The molecule has 0 bridgehead atoms. The van der Waals surface area contributed by atoms with Gasteiger partial charge in [-0.1, -0.05) is 121 Å². The third-order valence-corrected chi connectivity index (χ3v) is 5.15. The molecule has 0 aromatic heterocycles. The lowest BCUT2D eigenvalue weighted by molar-refractivity contribution is -0.145. The van der Waals surface area contributed by atoms with E-state index in [4.69, 9.17) is 10.5 Å². The van der Waals surface area contributed by atoms with Crippen LogP contribution >= 0.6 is 0 Å². The van der Waals surface area contributed by atoms with Gasteiger partial charge in [-0.3, -0.25) is 0 Å². The lowest BCUT2D eigenvalue weighted by Crippen LogP contribution is -2.24. The molecule has 0 saturated heterocycles. The summed E-state index contributed by atoms with van der Waals surface area (Å²) >= 11 is 0. The highest BCUT2D eigenvalue weighted by Crippen LogP contribution is 2.14. The Morgan fingerprint density at radius 3 is 1.70 bits per heavy atom. The van der Waals surface area contributed by atoms with Crippen molar-refractivity contribution in [3.8, 4) is 0 Å². The quantitative estimate of drug-likeness (QED) is 0.243. The third-order valence-electron chi connectivity index (χ3n) is 5.15. The molecular formula is C24H41NO2. The highest BCUT2D eigenvalue weighted by molar-refractivity contribution is 5.77. The van der Waals surface area contributed by atoms with Gasteiger partial charge < -0.3 is 10.5 Å². The van der Waals surface area contributed by atoms with E-state index in [0.717, 1.165) is 18.4 Å².